The van der Waals surface area contributed by atoms with Crippen LogP contribution in [0.5, 0.6) is 0 Å². The molecular formula is C18H15FN4O3. The maximum Gasteiger partial charge on any atom is 0.337 e. The Kier molecular flexibility index (Phi) is 4.74. The molecule has 0 spiro atoms. The number of amides is 1. The second kappa shape index (κ2) is 7.14. The summed E-state index contributed by atoms with van der Waals surface area (Å²) in [5.41, 5.74) is 1.53. The Morgan fingerprint density at radius 3 is 2.46 bits per heavy atom. The maximum atomic E-state index is 13.9. The van der Waals surface area contributed by atoms with Crippen molar-refractivity contribution < 1.29 is 18.7 Å². The topological polar surface area (TPSA) is 86.1 Å². The number of rotatable bonds is 4. The smallest absolute Gasteiger partial charge is 0.337 e. The Bertz CT molecular complexity index is 967. The molecule has 1 aromatic heterocycles. The van der Waals surface area contributed by atoms with Crippen LogP contribution in [0.25, 0.3) is 5.69 Å². The molecule has 0 aliphatic carbocycles. The molecule has 1 N–H and O–H groups in total. The summed E-state index contributed by atoms with van der Waals surface area (Å²) >= 11 is 0. The van der Waals surface area contributed by atoms with Gasteiger partial charge in [0.15, 0.2) is 5.69 Å². The summed E-state index contributed by atoms with van der Waals surface area (Å²) in [6, 6.07) is 12.3. The largest absolute Gasteiger partial charge is 0.465 e. The third kappa shape index (κ3) is 3.30. The van der Waals surface area contributed by atoms with Crippen molar-refractivity contribution >= 4 is 17.6 Å². The van der Waals surface area contributed by atoms with Crippen molar-refractivity contribution in [2.45, 2.75) is 6.92 Å². The van der Waals surface area contributed by atoms with Crippen molar-refractivity contribution in [3.8, 4) is 5.69 Å². The molecule has 132 valence electrons. The molecule has 0 bridgehead atoms. The van der Waals surface area contributed by atoms with Crippen molar-refractivity contribution in [1.82, 2.24) is 15.0 Å². The quantitative estimate of drug-likeness (QED) is 0.728. The molecule has 0 saturated heterocycles. The highest BCUT2D eigenvalue weighted by Crippen LogP contribution is 2.17. The van der Waals surface area contributed by atoms with E-state index in [0.717, 1.165) is 0 Å². The molecule has 0 aliphatic rings. The highest BCUT2D eigenvalue weighted by molar-refractivity contribution is 6.03. The maximum absolute atomic E-state index is 13.9. The van der Waals surface area contributed by atoms with Gasteiger partial charge in [0.25, 0.3) is 5.91 Å². The van der Waals surface area contributed by atoms with Crippen LogP contribution in [0, 0.1) is 12.7 Å². The lowest BCUT2D eigenvalue weighted by Gasteiger charge is -2.06. The van der Waals surface area contributed by atoms with Crippen molar-refractivity contribution in [3.05, 3.63) is 71.3 Å². The number of hydrogen-bond acceptors (Lipinski definition) is 5. The molecule has 0 saturated carbocycles. The van der Waals surface area contributed by atoms with Gasteiger partial charge in [-0.2, -0.15) is 0 Å². The molecule has 1 heterocycles. The van der Waals surface area contributed by atoms with Crippen molar-refractivity contribution in [2.75, 3.05) is 12.4 Å². The molecule has 26 heavy (non-hydrogen) atoms. The summed E-state index contributed by atoms with van der Waals surface area (Å²) in [4.78, 5) is 23.8. The molecule has 3 rings (SSSR count). The summed E-state index contributed by atoms with van der Waals surface area (Å²) in [5.74, 6) is -1.42. The van der Waals surface area contributed by atoms with E-state index in [9.17, 15) is 14.0 Å². The van der Waals surface area contributed by atoms with Crippen molar-refractivity contribution in [2.24, 2.45) is 0 Å². The summed E-state index contributed by atoms with van der Waals surface area (Å²) in [7, 11) is 1.29. The highest BCUT2D eigenvalue weighted by Gasteiger charge is 2.19. The third-order valence-electron chi connectivity index (χ3n) is 3.75. The van der Waals surface area contributed by atoms with E-state index in [0.29, 0.717) is 16.9 Å². The number of nitrogens with one attached hydrogen (secondary N) is 1. The van der Waals surface area contributed by atoms with Gasteiger partial charge in [-0.05, 0) is 43.3 Å². The molecule has 0 atom stereocenters. The van der Waals surface area contributed by atoms with E-state index in [4.69, 9.17) is 0 Å². The lowest BCUT2D eigenvalue weighted by atomic mass is 10.2. The molecule has 0 fully saturated rings. The minimum absolute atomic E-state index is 0.0743. The van der Waals surface area contributed by atoms with E-state index >= 15 is 0 Å². The summed E-state index contributed by atoms with van der Waals surface area (Å²) < 4.78 is 19.8. The van der Waals surface area contributed by atoms with E-state index in [-0.39, 0.29) is 11.4 Å². The van der Waals surface area contributed by atoms with Gasteiger partial charge in [-0.25, -0.2) is 13.9 Å². The number of para-hydroxylation sites is 1. The van der Waals surface area contributed by atoms with Gasteiger partial charge in [0.1, 0.15) is 11.5 Å². The number of carbonyl (C=O) groups excluding carboxylic acids is 2. The Labute approximate surface area is 148 Å². The zero-order valence-electron chi connectivity index (χ0n) is 14.1. The van der Waals surface area contributed by atoms with Crippen LogP contribution in [0.4, 0.5) is 10.1 Å². The Hall–Kier alpha value is -3.55. The molecule has 2 aromatic carbocycles. The fraction of sp³-hybridized carbons (Fsp3) is 0.111. The van der Waals surface area contributed by atoms with E-state index < -0.39 is 17.7 Å². The van der Waals surface area contributed by atoms with Gasteiger partial charge in [-0.3, -0.25) is 4.79 Å². The van der Waals surface area contributed by atoms with E-state index in [2.05, 4.69) is 20.4 Å². The van der Waals surface area contributed by atoms with Gasteiger partial charge < -0.3 is 10.1 Å². The van der Waals surface area contributed by atoms with Crippen LogP contribution in [0.2, 0.25) is 0 Å². The number of hydrogen-bond donors (Lipinski definition) is 1. The second-order valence-electron chi connectivity index (χ2n) is 5.41. The fourth-order valence-corrected chi connectivity index (χ4v) is 2.39. The predicted molar refractivity (Wildman–Crippen MR) is 91.8 cm³/mol. The number of nitrogens with zero attached hydrogens (tertiary/aromatic N) is 3. The fourth-order valence-electron chi connectivity index (χ4n) is 2.39. The van der Waals surface area contributed by atoms with E-state index in [1.807, 2.05) is 0 Å². The van der Waals surface area contributed by atoms with Crippen LogP contribution in [0.3, 0.4) is 0 Å². The number of carbonyl (C=O) groups is 2. The van der Waals surface area contributed by atoms with Gasteiger partial charge >= 0.3 is 5.97 Å². The minimum Gasteiger partial charge on any atom is -0.465 e. The van der Waals surface area contributed by atoms with Gasteiger partial charge in [0.05, 0.1) is 18.4 Å². The Balaban J connectivity index is 1.81. The number of aromatic nitrogens is 3. The lowest BCUT2D eigenvalue weighted by molar-refractivity contribution is 0.0600. The lowest BCUT2D eigenvalue weighted by Crippen LogP contribution is -2.14. The Morgan fingerprint density at radius 2 is 1.81 bits per heavy atom. The molecule has 7 nitrogen and oxygen atoms in total. The first kappa shape index (κ1) is 17.3. The van der Waals surface area contributed by atoms with Crippen LogP contribution in [-0.2, 0) is 4.74 Å². The van der Waals surface area contributed by atoms with Crippen LogP contribution in [0.15, 0.2) is 48.5 Å². The van der Waals surface area contributed by atoms with Gasteiger partial charge in [-0.1, -0.05) is 17.3 Å². The monoisotopic (exact) mass is 354 g/mol. The highest BCUT2D eigenvalue weighted by atomic mass is 19.1. The average molecular weight is 354 g/mol. The molecular weight excluding hydrogens is 339 g/mol. The van der Waals surface area contributed by atoms with Crippen LogP contribution < -0.4 is 5.32 Å². The van der Waals surface area contributed by atoms with E-state index in [1.54, 1.807) is 37.3 Å². The van der Waals surface area contributed by atoms with Crippen LogP contribution in [0.1, 0.15) is 26.5 Å². The normalized spacial score (nSPS) is 10.4. The van der Waals surface area contributed by atoms with Crippen molar-refractivity contribution in [1.29, 1.82) is 0 Å². The van der Waals surface area contributed by atoms with Crippen LogP contribution >= 0.6 is 0 Å². The van der Waals surface area contributed by atoms with Gasteiger partial charge in [-0.15, -0.1) is 5.10 Å². The number of ether oxygens (including phenoxy) is 1. The third-order valence-corrected chi connectivity index (χ3v) is 3.75. The average Bonchev–Trinajstić information content (AvgIpc) is 3.03. The minimum atomic E-state index is -0.490. The standard InChI is InChI=1S/C18H15FN4O3/c1-11-16(21-22-23(11)15-6-4-3-5-14(15)19)17(24)20-13-9-7-12(8-10-13)18(25)26-2/h3-10H,1-2H3,(H,20,24). The molecule has 0 radical (unpaired) electrons. The van der Waals surface area contributed by atoms with Crippen LogP contribution in [-0.4, -0.2) is 34.0 Å². The first-order chi connectivity index (χ1) is 12.5. The number of anilines is 1. The summed E-state index contributed by atoms with van der Waals surface area (Å²) in [6.45, 7) is 1.63. The SMILES string of the molecule is COC(=O)c1ccc(NC(=O)c2nnn(-c3ccccc3F)c2C)cc1. The second-order valence-corrected chi connectivity index (χ2v) is 5.41. The molecule has 8 heteroatoms. The molecule has 3 aromatic rings. The zero-order chi connectivity index (χ0) is 18.7. The zero-order valence-corrected chi connectivity index (χ0v) is 14.1. The summed E-state index contributed by atoms with van der Waals surface area (Å²) in [6.07, 6.45) is 0. The number of esters is 1. The first-order valence-electron chi connectivity index (χ1n) is 7.68. The van der Waals surface area contributed by atoms with Crippen molar-refractivity contribution in [3.63, 3.8) is 0 Å². The number of benzene rings is 2. The number of methoxy groups -OCH3 is 1. The first-order valence-corrected chi connectivity index (χ1v) is 7.68. The predicted octanol–water partition coefficient (Wildman–Crippen LogP) is 2.75. The molecule has 0 aliphatic heterocycles. The summed E-state index contributed by atoms with van der Waals surface area (Å²) in [5, 5.41) is 10.4. The number of halogens is 1. The Morgan fingerprint density at radius 1 is 1.12 bits per heavy atom. The van der Waals surface area contributed by atoms with E-state index in [1.165, 1.54) is 30.0 Å². The molecule has 0 unspecified atom stereocenters. The molecule has 1 amide bonds. The van der Waals surface area contributed by atoms with Gasteiger partial charge in [0, 0.05) is 5.69 Å². The van der Waals surface area contributed by atoms with Gasteiger partial charge in [0.2, 0.25) is 0 Å².